The number of pyridine rings is 1. The average Bonchev–Trinajstić information content (AvgIpc) is 2.68. The van der Waals surface area contributed by atoms with Crippen molar-refractivity contribution in [2.75, 3.05) is 12.4 Å². The van der Waals surface area contributed by atoms with Gasteiger partial charge in [-0.1, -0.05) is 42.0 Å². The summed E-state index contributed by atoms with van der Waals surface area (Å²) in [7, 11) is 1.60. The molecule has 142 valence electrons. The minimum absolute atomic E-state index is 0.224. The van der Waals surface area contributed by atoms with Gasteiger partial charge >= 0.3 is 0 Å². The van der Waals surface area contributed by atoms with Crippen LogP contribution in [0, 0.1) is 6.92 Å². The maximum absolute atomic E-state index is 13.3. The van der Waals surface area contributed by atoms with Gasteiger partial charge in [-0.2, -0.15) is 4.57 Å². The minimum Gasteiger partial charge on any atom is -0.867 e. The Morgan fingerprint density at radius 3 is 2.61 bits per heavy atom. The van der Waals surface area contributed by atoms with Crippen LogP contribution in [0.5, 0.6) is 5.75 Å². The number of rotatable bonds is 5. The number of halogens is 1. The van der Waals surface area contributed by atoms with Gasteiger partial charge in [0.05, 0.1) is 7.11 Å². The molecular weight excluding hydrogens is 392 g/mol. The smallest absolute Gasteiger partial charge is 0.238 e. The molecule has 0 saturated carbocycles. The Morgan fingerprint density at radius 1 is 1.11 bits per heavy atom. The van der Waals surface area contributed by atoms with Crippen LogP contribution in [0.2, 0.25) is 5.02 Å². The first kappa shape index (κ1) is 19.9. The number of ether oxygens (including phenoxy) is 1. The van der Waals surface area contributed by atoms with Crippen LogP contribution in [-0.4, -0.2) is 12.1 Å². The van der Waals surface area contributed by atoms with Gasteiger partial charge in [0.25, 0.3) is 0 Å². The summed E-state index contributed by atoms with van der Waals surface area (Å²) in [5.74, 6) is 0.470. The van der Waals surface area contributed by atoms with Crippen LogP contribution in [0.3, 0.4) is 0 Å². The maximum Gasteiger partial charge on any atom is 0.238 e. The van der Waals surface area contributed by atoms with Gasteiger partial charge in [0, 0.05) is 28.4 Å². The largest absolute Gasteiger partial charge is 0.867 e. The van der Waals surface area contributed by atoms with Crippen molar-refractivity contribution >= 4 is 46.0 Å². The zero-order chi connectivity index (χ0) is 20.1. The monoisotopic (exact) mass is 410 g/mol. The highest BCUT2D eigenvalue weighted by Crippen LogP contribution is 2.21. The van der Waals surface area contributed by atoms with Crippen LogP contribution in [0.15, 0.2) is 73.1 Å². The van der Waals surface area contributed by atoms with Crippen LogP contribution in [0.1, 0.15) is 11.1 Å². The third-order valence-electron chi connectivity index (χ3n) is 4.05. The summed E-state index contributed by atoms with van der Waals surface area (Å²) < 4.78 is 6.98. The topological polar surface area (TPSA) is 48.2 Å². The van der Waals surface area contributed by atoms with Crippen molar-refractivity contribution in [1.82, 2.24) is 0 Å². The number of hydrogen-bond donors (Lipinski definition) is 1. The summed E-state index contributed by atoms with van der Waals surface area (Å²) in [5, 5.41) is 16.9. The van der Waals surface area contributed by atoms with E-state index in [4.69, 9.17) is 28.6 Å². The standard InChI is InChI=1S/C22H19ClN2O2S/c1-15-6-5-11-25(14-15)20(21(26)16-7-3-8-17(23)12-16)22(28)24-18-9-4-10-19(13-18)27-2/h3-14H,1-2H3,(H-,24,26,28). The zero-order valence-corrected chi connectivity index (χ0v) is 17.1. The molecule has 0 bridgehead atoms. The predicted octanol–water partition coefficient (Wildman–Crippen LogP) is 4.07. The summed E-state index contributed by atoms with van der Waals surface area (Å²) in [6, 6.07) is 18.0. The average molecular weight is 411 g/mol. The first-order chi connectivity index (χ1) is 13.5. The van der Waals surface area contributed by atoms with Gasteiger partial charge in [-0.05, 0) is 48.6 Å². The molecule has 6 heteroatoms. The molecule has 1 aromatic heterocycles. The number of benzene rings is 2. The van der Waals surface area contributed by atoms with E-state index in [1.165, 1.54) is 0 Å². The molecule has 0 unspecified atom stereocenters. The van der Waals surface area contributed by atoms with E-state index in [-0.39, 0.29) is 5.76 Å². The Morgan fingerprint density at radius 2 is 1.89 bits per heavy atom. The van der Waals surface area contributed by atoms with Crippen molar-refractivity contribution in [2.45, 2.75) is 6.92 Å². The second-order valence-electron chi connectivity index (χ2n) is 6.16. The van der Waals surface area contributed by atoms with E-state index in [0.29, 0.717) is 27.0 Å². The number of thiocarbonyl (C=S) groups is 1. The molecule has 0 radical (unpaired) electrons. The molecular formula is C22H19ClN2O2S. The Balaban J connectivity index is 2.08. The van der Waals surface area contributed by atoms with Crippen LogP contribution in [0.4, 0.5) is 5.69 Å². The molecule has 2 aromatic carbocycles. The van der Waals surface area contributed by atoms with Crippen molar-refractivity contribution in [2.24, 2.45) is 0 Å². The lowest BCUT2D eigenvalue weighted by atomic mass is 10.1. The highest BCUT2D eigenvalue weighted by molar-refractivity contribution is 7.81. The van der Waals surface area contributed by atoms with Gasteiger partial charge in [0.15, 0.2) is 17.4 Å². The summed E-state index contributed by atoms with van der Waals surface area (Å²) in [6.07, 6.45) is 3.65. The van der Waals surface area contributed by atoms with Crippen molar-refractivity contribution in [3.05, 3.63) is 89.2 Å². The van der Waals surface area contributed by atoms with Crippen molar-refractivity contribution in [3.63, 3.8) is 0 Å². The summed E-state index contributed by atoms with van der Waals surface area (Å²) >= 11 is 11.7. The highest BCUT2D eigenvalue weighted by atomic mass is 35.5. The fourth-order valence-electron chi connectivity index (χ4n) is 2.73. The molecule has 3 aromatic rings. The Bertz CT molecular complexity index is 1050. The second kappa shape index (κ2) is 8.87. The Kier molecular flexibility index (Phi) is 6.29. The first-order valence-electron chi connectivity index (χ1n) is 8.59. The van der Waals surface area contributed by atoms with Gasteiger partial charge in [0.1, 0.15) is 5.75 Å². The molecule has 0 aliphatic rings. The van der Waals surface area contributed by atoms with E-state index in [1.807, 2.05) is 49.5 Å². The molecule has 0 aliphatic heterocycles. The molecule has 0 amide bonds. The van der Waals surface area contributed by atoms with E-state index < -0.39 is 0 Å². The van der Waals surface area contributed by atoms with Crippen LogP contribution in [-0.2, 0) is 0 Å². The van der Waals surface area contributed by atoms with Gasteiger partial charge in [-0.15, -0.1) is 0 Å². The van der Waals surface area contributed by atoms with E-state index in [2.05, 4.69) is 5.32 Å². The molecule has 0 fully saturated rings. The highest BCUT2D eigenvalue weighted by Gasteiger charge is 2.19. The van der Waals surface area contributed by atoms with E-state index >= 15 is 0 Å². The number of aryl methyl sites for hydroxylation is 1. The predicted molar refractivity (Wildman–Crippen MR) is 115 cm³/mol. The summed E-state index contributed by atoms with van der Waals surface area (Å²) in [6.45, 7) is 1.95. The second-order valence-corrected chi connectivity index (χ2v) is 7.01. The van der Waals surface area contributed by atoms with Gasteiger partial charge in [-0.3, -0.25) is 0 Å². The van der Waals surface area contributed by atoms with E-state index in [9.17, 15) is 5.11 Å². The summed E-state index contributed by atoms with van der Waals surface area (Å²) in [4.78, 5) is 0.300. The van der Waals surface area contributed by atoms with Gasteiger partial charge in [-0.25, -0.2) is 0 Å². The fourth-order valence-corrected chi connectivity index (χ4v) is 3.23. The molecule has 3 rings (SSSR count). The number of anilines is 1. The molecule has 0 spiro atoms. The molecule has 1 heterocycles. The summed E-state index contributed by atoms with van der Waals surface area (Å²) in [5.41, 5.74) is 2.53. The fraction of sp³-hybridized carbons (Fsp3) is 0.0909. The third-order valence-corrected chi connectivity index (χ3v) is 4.58. The van der Waals surface area contributed by atoms with Crippen molar-refractivity contribution in [1.29, 1.82) is 0 Å². The lowest BCUT2D eigenvalue weighted by Gasteiger charge is -2.17. The van der Waals surface area contributed by atoms with Crippen molar-refractivity contribution < 1.29 is 14.4 Å². The molecule has 0 atom stereocenters. The van der Waals surface area contributed by atoms with Gasteiger partial charge in [0.2, 0.25) is 5.70 Å². The maximum atomic E-state index is 13.3. The molecule has 4 nitrogen and oxygen atoms in total. The number of nitrogens with one attached hydrogen (secondary N) is 1. The minimum atomic E-state index is -0.224. The third kappa shape index (κ3) is 4.68. The normalized spacial score (nSPS) is 11.5. The lowest BCUT2D eigenvalue weighted by molar-refractivity contribution is -0.578. The number of aromatic nitrogens is 1. The molecule has 0 saturated heterocycles. The Hall–Kier alpha value is -2.89. The van der Waals surface area contributed by atoms with E-state index in [0.717, 1.165) is 11.3 Å². The molecule has 28 heavy (non-hydrogen) atoms. The van der Waals surface area contributed by atoms with Gasteiger partial charge < -0.3 is 15.2 Å². The van der Waals surface area contributed by atoms with E-state index in [1.54, 1.807) is 42.1 Å². The van der Waals surface area contributed by atoms with Crippen LogP contribution < -0.4 is 19.7 Å². The first-order valence-corrected chi connectivity index (χ1v) is 9.37. The number of nitrogens with zero attached hydrogens (tertiary/aromatic N) is 1. The van der Waals surface area contributed by atoms with Crippen molar-refractivity contribution in [3.8, 4) is 5.75 Å². The zero-order valence-electron chi connectivity index (χ0n) is 15.5. The van der Waals surface area contributed by atoms with Crippen LogP contribution >= 0.6 is 23.8 Å². The SMILES string of the molecule is COc1cccc(NC(=S)/C(=C(\[O-])c2cccc(Cl)c2)[n+]2cccc(C)c2)c1. The molecule has 1 N–H and O–H groups in total. The number of hydrogen-bond acceptors (Lipinski definition) is 3. The molecule has 0 aliphatic carbocycles. The number of methoxy groups -OCH3 is 1. The Labute approximate surface area is 174 Å². The lowest BCUT2D eigenvalue weighted by Crippen LogP contribution is -2.40. The van der Waals surface area contributed by atoms with Crippen LogP contribution in [0.25, 0.3) is 11.5 Å². The quantitative estimate of drug-likeness (QED) is 0.298.